The molecule has 0 bridgehead atoms. The maximum atomic E-state index is 13.6. The number of amides is 2. The van der Waals surface area contributed by atoms with E-state index in [2.05, 4.69) is 27.9 Å². The van der Waals surface area contributed by atoms with Crippen LogP contribution in [0, 0.1) is 9.49 Å². The standard InChI is InChI=1S/C27H39IN2O6/c1-2-35-15-7-13-30(25(32)16-19-8-3-4-9-19)22-17-20(27(34)29-12-14-31)18-24(26(22)33)36-23-11-6-5-10-21(23)28/h5-6,10-11,18-19,22,24,26,31,33H,2-4,7-9,12-17H2,1H3,(H,29,34)/t22-,24+,26+/m1/s1. The first kappa shape index (κ1) is 28.9. The molecule has 0 unspecified atom stereocenters. The van der Waals surface area contributed by atoms with Crippen molar-refractivity contribution in [2.45, 2.75) is 70.1 Å². The molecule has 2 aliphatic carbocycles. The molecule has 2 amide bonds. The number of hydrogen-bond donors (Lipinski definition) is 3. The third-order valence-electron chi connectivity index (χ3n) is 6.86. The predicted octanol–water partition coefficient (Wildman–Crippen LogP) is 3.04. The summed E-state index contributed by atoms with van der Waals surface area (Å²) < 4.78 is 12.6. The average Bonchev–Trinajstić information content (AvgIpc) is 3.38. The number of rotatable bonds is 13. The van der Waals surface area contributed by atoms with Crippen molar-refractivity contribution in [2.75, 3.05) is 32.9 Å². The van der Waals surface area contributed by atoms with Crippen LogP contribution in [0.25, 0.3) is 0 Å². The second-order valence-corrected chi connectivity index (χ2v) is 10.6. The molecule has 9 heteroatoms. The van der Waals surface area contributed by atoms with E-state index in [1.807, 2.05) is 31.2 Å². The van der Waals surface area contributed by atoms with E-state index in [-0.39, 0.29) is 31.4 Å². The summed E-state index contributed by atoms with van der Waals surface area (Å²) in [7, 11) is 0. The van der Waals surface area contributed by atoms with Gasteiger partial charge in [-0.05, 0) is 72.9 Å². The monoisotopic (exact) mass is 614 g/mol. The van der Waals surface area contributed by atoms with Crippen molar-refractivity contribution in [1.82, 2.24) is 10.2 Å². The minimum Gasteiger partial charge on any atom is -0.482 e. The highest BCUT2D eigenvalue weighted by Crippen LogP contribution is 2.32. The van der Waals surface area contributed by atoms with E-state index in [9.17, 15) is 14.7 Å². The highest BCUT2D eigenvalue weighted by atomic mass is 127. The van der Waals surface area contributed by atoms with Gasteiger partial charge in [-0.15, -0.1) is 0 Å². The van der Waals surface area contributed by atoms with Crippen LogP contribution in [0.2, 0.25) is 0 Å². The van der Waals surface area contributed by atoms with Crippen molar-refractivity contribution in [1.29, 1.82) is 0 Å². The molecule has 1 aromatic rings. The first-order chi connectivity index (χ1) is 17.4. The van der Waals surface area contributed by atoms with Gasteiger partial charge >= 0.3 is 0 Å². The minimum atomic E-state index is -1.00. The van der Waals surface area contributed by atoms with E-state index in [1.165, 1.54) is 0 Å². The summed E-state index contributed by atoms with van der Waals surface area (Å²) in [6.45, 7) is 3.46. The molecule has 8 nitrogen and oxygen atoms in total. The molecule has 1 fully saturated rings. The summed E-state index contributed by atoms with van der Waals surface area (Å²) in [6.07, 6.45) is 5.57. The number of nitrogens with zero attached hydrogens (tertiary/aromatic N) is 1. The Labute approximate surface area is 227 Å². The Morgan fingerprint density at radius 1 is 1.22 bits per heavy atom. The number of aliphatic hydroxyl groups excluding tert-OH is 2. The van der Waals surface area contributed by atoms with Crippen molar-refractivity contribution in [3.63, 3.8) is 0 Å². The number of hydrogen-bond acceptors (Lipinski definition) is 6. The van der Waals surface area contributed by atoms with E-state index in [4.69, 9.17) is 14.6 Å². The van der Waals surface area contributed by atoms with Gasteiger partial charge in [-0.25, -0.2) is 0 Å². The van der Waals surface area contributed by atoms with Crippen molar-refractivity contribution < 1.29 is 29.3 Å². The summed E-state index contributed by atoms with van der Waals surface area (Å²) in [6, 6.07) is 6.88. The molecule has 1 aromatic carbocycles. The molecule has 0 spiro atoms. The Bertz CT molecular complexity index is 889. The third kappa shape index (κ3) is 8.16. The minimum absolute atomic E-state index is 0.00695. The molecule has 2 aliphatic rings. The number of carbonyl (C=O) groups excluding carboxylic acids is 2. The van der Waals surface area contributed by atoms with E-state index >= 15 is 0 Å². The zero-order chi connectivity index (χ0) is 25.9. The topological polar surface area (TPSA) is 108 Å². The van der Waals surface area contributed by atoms with Crippen molar-refractivity contribution >= 4 is 34.4 Å². The zero-order valence-corrected chi connectivity index (χ0v) is 23.2. The van der Waals surface area contributed by atoms with Crippen LogP contribution < -0.4 is 10.1 Å². The Balaban J connectivity index is 1.86. The SMILES string of the molecule is CCOCCCN(C(=O)CC1CCCC1)[C@@H]1CC(C(=O)NCCO)=C[C@H](Oc2ccccc2I)[C@H]1O. The molecule has 200 valence electrons. The molecular formula is C27H39IN2O6. The fourth-order valence-electron chi connectivity index (χ4n) is 5.00. The molecular weight excluding hydrogens is 575 g/mol. The molecule has 3 atom stereocenters. The van der Waals surface area contributed by atoms with Gasteiger partial charge in [0, 0.05) is 44.7 Å². The van der Waals surface area contributed by atoms with Gasteiger partial charge in [-0.2, -0.15) is 0 Å². The fourth-order valence-corrected chi connectivity index (χ4v) is 5.52. The summed E-state index contributed by atoms with van der Waals surface area (Å²) in [4.78, 5) is 28.2. The molecule has 3 rings (SSSR count). The lowest BCUT2D eigenvalue weighted by Crippen LogP contribution is -2.55. The van der Waals surface area contributed by atoms with Gasteiger partial charge in [0.1, 0.15) is 18.0 Å². The van der Waals surface area contributed by atoms with Crippen molar-refractivity contribution in [3.8, 4) is 5.75 Å². The molecule has 0 aliphatic heterocycles. The second kappa shape index (κ2) is 14.9. The quantitative estimate of drug-likeness (QED) is 0.233. The molecule has 0 heterocycles. The third-order valence-corrected chi connectivity index (χ3v) is 7.76. The van der Waals surface area contributed by atoms with Crippen LogP contribution in [-0.2, 0) is 14.3 Å². The van der Waals surface area contributed by atoms with E-state index in [0.717, 1.165) is 29.3 Å². The number of carbonyl (C=O) groups is 2. The number of para-hydroxylation sites is 1. The first-order valence-electron chi connectivity index (χ1n) is 13.0. The number of ether oxygens (including phenoxy) is 2. The maximum Gasteiger partial charge on any atom is 0.247 e. The van der Waals surface area contributed by atoms with Gasteiger partial charge in [0.2, 0.25) is 11.8 Å². The lowest BCUT2D eigenvalue weighted by atomic mass is 9.87. The van der Waals surface area contributed by atoms with Gasteiger partial charge in [0.15, 0.2) is 0 Å². The second-order valence-electron chi connectivity index (χ2n) is 9.44. The van der Waals surface area contributed by atoms with Crippen LogP contribution in [0.4, 0.5) is 0 Å². The largest absolute Gasteiger partial charge is 0.482 e. The van der Waals surface area contributed by atoms with Gasteiger partial charge < -0.3 is 29.9 Å². The Kier molecular flexibility index (Phi) is 12.0. The smallest absolute Gasteiger partial charge is 0.247 e. The Morgan fingerprint density at radius 3 is 2.67 bits per heavy atom. The summed E-state index contributed by atoms with van der Waals surface area (Å²) in [5.74, 6) is 0.658. The normalized spacial score (nSPS) is 22.2. The summed E-state index contributed by atoms with van der Waals surface area (Å²) >= 11 is 2.17. The fraction of sp³-hybridized carbons (Fsp3) is 0.630. The number of halogens is 1. The lowest BCUT2D eigenvalue weighted by molar-refractivity contribution is -0.139. The van der Waals surface area contributed by atoms with Gasteiger partial charge in [-0.1, -0.05) is 25.0 Å². The molecule has 0 radical (unpaired) electrons. The Morgan fingerprint density at radius 2 is 1.97 bits per heavy atom. The van der Waals surface area contributed by atoms with Crippen LogP contribution in [0.3, 0.4) is 0 Å². The summed E-state index contributed by atoms with van der Waals surface area (Å²) in [5.41, 5.74) is 0.443. The van der Waals surface area contributed by atoms with Crippen LogP contribution in [0.15, 0.2) is 35.9 Å². The highest BCUT2D eigenvalue weighted by Gasteiger charge is 2.40. The lowest BCUT2D eigenvalue weighted by Gasteiger charge is -2.41. The number of benzene rings is 1. The van der Waals surface area contributed by atoms with Crippen molar-refractivity contribution in [2.24, 2.45) is 5.92 Å². The highest BCUT2D eigenvalue weighted by molar-refractivity contribution is 14.1. The Hall–Kier alpha value is -1.69. The zero-order valence-electron chi connectivity index (χ0n) is 21.0. The molecule has 0 saturated heterocycles. The number of aliphatic hydroxyl groups is 2. The van der Waals surface area contributed by atoms with E-state index in [1.54, 1.807) is 11.0 Å². The summed E-state index contributed by atoms with van der Waals surface area (Å²) in [5, 5.41) is 23.3. The van der Waals surface area contributed by atoms with Crippen molar-refractivity contribution in [3.05, 3.63) is 39.5 Å². The molecule has 3 N–H and O–H groups in total. The average molecular weight is 615 g/mol. The maximum absolute atomic E-state index is 13.6. The van der Waals surface area contributed by atoms with Gasteiger partial charge in [0.05, 0.1) is 16.2 Å². The number of nitrogens with one attached hydrogen (secondary N) is 1. The molecule has 1 saturated carbocycles. The molecule has 0 aromatic heterocycles. The van der Waals surface area contributed by atoms with Crippen LogP contribution in [0.5, 0.6) is 5.75 Å². The van der Waals surface area contributed by atoms with Crippen LogP contribution in [0.1, 0.15) is 51.9 Å². The van der Waals surface area contributed by atoms with E-state index < -0.39 is 18.2 Å². The van der Waals surface area contributed by atoms with Crippen LogP contribution in [-0.4, -0.2) is 78.1 Å². The van der Waals surface area contributed by atoms with E-state index in [0.29, 0.717) is 49.8 Å². The predicted molar refractivity (Wildman–Crippen MR) is 146 cm³/mol. The molecule has 36 heavy (non-hydrogen) atoms. The first-order valence-corrected chi connectivity index (χ1v) is 14.1. The van der Waals surface area contributed by atoms with Gasteiger partial charge in [0.25, 0.3) is 0 Å². The van der Waals surface area contributed by atoms with Gasteiger partial charge in [-0.3, -0.25) is 9.59 Å². The van der Waals surface area contributed by atoms with Crippen LogP contribution >= 0.6 is 22.6 Å².